The average molecular weight is 402 g/mol. The van der Waals surface area contributed by atoms with Crippen molar-refractivity contribution in [2.45, 2.75) is 9.79 Å². The number of carbonyl (C=O) groups is 1. The maximum Gasteiger partial charge on any atom is 0.259 e. The Balaban J connectivity index is 2.41. The van der Waals surface area contributed by atoms with Gasteiger partial charge >= 0.3 is 0 Å². The Morgan fingerprint density at radius 1 is 0.880 bits per heavy atom. The van der Waals surface area contributed by atoms with E-state index < -0.39 is 25.6 Å². The van der Waals surface area contributed by atoms with E-state index in [0.717, 1.165) is 12.5 Å². The summed E-state index contributed by atoms with van der Waals surface area (Å²) in [5, 5.41) is 0.122. The predicted octanol–water partition coefficient (Wildman–Crippen LogP) is 2.42. The monoisotopic (exact) mass is 401 g/mol. The van der Waals surface area contributed by atoms with E-state index in [0.29, 0.717) is 5.69 Å². The van der Waals surface area contributed by atoms with Crippen molar-refractivity contribution in [3.8, 4) is 0 Å². The van der Waals surface area contributed by atoms with Crippen LogP contribution in [0.1, 0.15) is 10.4 Å². The standard InChI is InChI=1S/C16H16ClNO5S2/c1-18(11-4-6-12(7-5-11)24(2,20)21)16(19)14-10-13(25(3,22)23)8-9-15(14)17/h4-10H,1-3H3. The van der Waals surface area contributed by atoms with Crippen LogP contribution in [0.5, 0.6) is 0 Å². The Bertz CT molecular complexity index is 1030. The van der Waals surface area contributed by atoms with Crippen LogP contribution >= 0.6 is 11.6 Å². The highest BCUT2D eigenvalue weighted by Crippen LogP contribution is 2.24. The summed E-state index contributed by atoms with van der Waals surface area (Å²) in [5.74, 6) is -0.511. The molecule has 0 saturated heterocycles. The Morgan fingerprint density at radius 2 is 1.36 bits per heavy atom. The third-order valence-electron chi connectivity index (χ3n) is 3.55. The SMILES string of the molecule is CN(C(=O)c1cc(S(C)(=O)=O)ccc1Cl)c1ccc(S(C)(=O)=O)cc1. The number of sulfone groups is 2. The summed E-state index contributed by atoms with van der Waals surface area (Å²) in [6.45, 7) is 0. The molecule has 0 unspecified atom stereocenters. The molecule has 0 bridgehead atoms. The molecule has 0 heterocycles. The molecule has 6 nitrogen and oxygen atoms in total. The molecule has 9 heteroatoms. The summed E-state index contributed by atoms with van der Waals surface area (Å²) in [6, 6.07) is 9.67. The molecule has 0 aliphatic rings. The maximum absolute atomic E-state index is 12.7. The fourth-order valence-electron chi connectivity index (χ4n) is 2.11. The molecule has 134 valence electrons. The summed E-state index contributed by atoms with van der Waals surface area (Å²) in [4.78, 5) is 14.0. The lowest BCUT2D eigenvalue weighted by Crippen LogP contribution is -2.26. The molecule has 2 aromatic rings. The van der Waals surface area contributed by atoms with Crippen molar-refractivity contribution in [3.05, 3.63) is 53.1 Å². The van der Waals surface area contributed by atoms with Crippen molar-refractivity contribution in [2.75, 3.05) is 24.5 Å². The number of carbonyl (C=O) groups excluding carboxylic acids is 1. The summed E-state index contributed by atoms with van der Waals surface area (Å²) in [6.07, 6.45) is 2.13. The van der Waals surface area contributed by atoms with Gasteiger partial charge in [-0.15, -0.1) is 0 Å². The van der Waals surface area contributed by atoms with Gasteiger partial charge in [-0.05, 0) is 42.5 Å². The van der Waals surface area contributed by atoms with Crippen LogP contribution in [0.3, 0.4) is 0 Å². The van der Waals surface area contributed by atoms with E-state index in [-0.39, 0.29) is 20.4 Å². The first-order chi connectivity index (χ1) is 11.4. The van der Waals surface area contributed by atoms with Crippen molar-refractivity contribution < 1.29 is 21.6 Å². The minimum absolute atomic E-state index is 0.0129. The van der Waals surface area contributed by atoms with Gasteiger partial charge in [-0.3, -0.25) is 4.79 Å². The highest BCUT2D eigenvalue weighted by molar-refractivity contribution is 7.91. The molecular formula is C16H16ClNO5S2. The highest BCUT2D eigenvalue weighted by Gasteiger charge is 2.20. The predicted molar refractivity (Wildman–Crippen MR) is 96.8 cm³/mol. The zero-order valence-electron chi connectivity index (χ0n) is 13.7. The van der Waals surface area contributed by atoms with Gasteiger partial charge in [-0.1, -0.05) is 11.6 Å². The number of rotatable bonds is 4. The highest BCUT2D eigenvalue weighted by atomic mass is 35.5. The molecule has 2 aromatic carbocycles. The van der Waals surface area contributed by atoms with E-state index in [4.69, 9.17) is 11.6 Å². The van der Waals surface area contributed by atoms with Crippen molar-refractivity contribution in [2.24, 2.45) is 0 Å². The normalized spacial score (nSPS) is 12.0. The first-order valence-corrected chi connectivity index (χ1v) is 11.1. The Kier molecular flexibility index (Phi) is 5.27. The van der Waals surface area contributed by atoms with Gasteiger partial charge in [0.2, 0.25) is 0 Å². The number of benzene rings is 2. The topological polar surface area (TPSA) is 88.6 Å². The molecule has 0 aliphatic heterocycles. The van der Waals surface area contributed by atoms with Crippen LogP contribution in [0.2, 0.25) is 5.02 Å². The van der Waals surface area contributed by atoms with Gasteiger partial charge in [-0.25, -0.2) is 16.8 Å². The second-order valence-corrected chi connectivity index (χ2v) is 9.98. The lowest BCUT2D eigenvalue weighted by atomic mass is 10.2. The van der Waals surface area contributed by atoms with Crippen LogP contribution in [0.25, 0.3) is 0 Å². The summed E-state index contributed by atoms with van der Waals surface area (Å²) >= 11 is 6.04. The third-order valence-corrected chi connectivity index (χ3v) is 6.12. The van der Waals surface area contributed by atoms with E-state index in [2.05, 4.69) is 0 Å². The van der Waals surface area contributed by atoms with Crippen LogP contribution in [0.4, 0.5) is 5.69 Å². The molecule has 0 aliphatic carbocycles. The second kappa shape index (κ2) is 6.78. The number of amides is 1. The van der Waals surface area contributed by atoms with Crippen LogP contribution in [0, 0.1) is 0 Å². The third kappa shape index (κ3) is 4.39. The Hall–Kier alpha value is -1.90. The van der Waals surface area contributed by atoms with Gasteiger partial charge in [0, 0.05) is 25.2 Å². The number of halogens is 1. The van der Waals surface area contributed by atoms with Crippen molar-refractivity contribution in [1.82, 2.24) is 0 Å². The van der Waals surface area contributed by atoms with Gasteiger partial charge < -0.3 is 4.90 Å². The summed E-state index contributed by atoms with van der Waals surface area (Å²) < 4.78 is 46.3. The van der Waals surface area contributed by atoms with Crippen molar-refractivity contribution in [1.29, 1.82) is 0 Å². The van der Waals surface area contributed by atoms with E-state index in [1.807, 2.05) is 0 Å². The first-order valence-electron chi connectivity index (χ1n) is 6.99. The molecule has 0 saturated carbocycles. The van der Waals surface area contributed by atoms with Crippen LogP contribution in [0.15, 0.2) is 52.3 Å². The van der Waals surface area contributed by atoms with Crippen LogP contribution in [-0.4, -0.2) is 42.3 Å². The smallest absolute Gasteiger partial charge is 0.259 e. The van der Waals surface area contributed by atoms with Crippen LogP contribution in [-0.2, 0) is 19.7 Å². The average Bonchev–Trinajstić information content (AvgIpc) is 2.52. The molecule has 0 spiro atoms. The molecule has 2 rings (SSSR count). The molecule has 0 aromatic heterocycles. The molecule has 0 atom stereocenters. The minimum atomic E-state index is -3.48. The van der Waals surface area contributed by atoms with E-state index in [9.17, 15) is 21.6 Å². The van der Waals surface area contributed by atoms with Gasteiger partial charge in [0.1, 0.15) is 0 Å². The van der Waals surface area contributed by atoms with Gasteiger partial charge in [-0.2, -0.15) is 0 Å². The number of hydrogen-bond acceptors (Lipinski definition) is 5. The lowest BCUT2D eigenvalue weighted by Gasteiger charge is -2.18. The zero-order chi connectivity index (χ0) is 19.0. The first kappa shape index (κ1) is 19.4. The summed E-state index contributed by atoms with van der Waals surface area (Å²) in [5.41, 5.74) is 0.484. The molecule has 0 fully saturated rings. The van der Waals surface area contributed by atoms with Crippen molar-refractivity contribution >= 4 is 42.9 Å². The lowest BCUT2D eigenvalue weighted by molar-refractivity contribution is 0.0993. The van der Waals surface area contributed by atoms with E-state index in [1.54, 1.807) is 0 Å². The quantitative estimate of drug-likeness (QED) is 0.784. The zero-order valence-corrected chi connectivity index (χ0v) is 16.1. The van der Waals surface area contributed by atoms with Gasteiger partial charge in [0.25, 0.3) is 5.91 Å². The maximum atomic E-state index is 12.7. The largest absolute Gasteiger partial charge is 0.311 e. The van der Waals surface area contributed by atoms with Gasteiger partial charge in [0.15, 0.2) is 19.7 Å². The summed E-state index contributed by atoms with van der Waals surface area (Å²) in [7, 11) is -5.33. The second-order valence-electron chi connectivity index (χ2n) is 5.54. The molecular weight excluding hydrogens is 386 g/mol. The Morgan fingerprint density at radius 3 is 1.84 bits per heavy atom. The van der Waals surface area contributed by atoms with Crippen molar-refractivity contribution in [3.63, 3.8) is 0 Å². The van der Waals surface area contributed by atoms with E-state index in [1.165, 1.54) is 54.4 Å². The minimum Gasteiger partial charge on any atom is -0.311 e. The molecule has 25 heavy (non-hydrogen) atoms. The number of hydrogen-bond donors (Lipinski definition) is 0. The van der Waals surface area contributed by atoms with Gasteiger partial charge in [0.05, 0.1) is 20.4 Å². The molecule has 0 N–H and O–H groups in total. The van der Waals surface area contributed by atoms with Crippen LogP contribution < -0.4 is 4.90 Å². The molecule has 0 radical (unpaired) electrons. The number of nitrogens with zero attached hydrogens (tertiary/aromatic N) is 1. The molecule has 1 amide bonds. The number of anilines is 1. The fourth-order valence-corrected chi connectivity index (χ4v) is 3.59. The van der Waals surface area contributed by atoms with E-state index >= 15 is 0 Å². The Labute approximate surface area is 151 Å². The fraction of sp³-hybridized carbons (Fsp3) is 0.188.